The van der Waals surface area contributed by atoms with Crippen molar-refractivity contribution in [1.29, 1.82) is 0 Å². The molecule has 0 unspecified atom stereocenters. The summed E-state index contributed by atoms with van der Waals surface area (Å²) in [6.45, 7) is 14.1. The predicted molar refractivity (Wildman–Crippen MR) is 78.3 cm³/mol. The molecule has 0 N–H and O–H groups in total. The lowest BCUT2D eigenvalue weighted by Crippen LogP contribution is -2.15. The van der Waals surface area contributed by atoms with Crippen LogP contribution in [0.15, 0.2) is 11.0 Å². The standard InChI is InChI=1S/C7H13.2C4H9.Al/c1-4-5-6-7(2)3;2*1-4(2)3;/h1,4,7H,5-6H2,2-3H3;2*4H,1H2,2-3H3;. The molecule has 0 bridgehead atoms. The lowest BCUT2D eigenvalue weighted by Gasteiger charge is -2.12. The van der Waals surface area contributed by atoms with Gasteiger partial charge in [0.1, 0.15) is 0 Å². The SMILES string of the molecule is CC(C)CC/C=[CH]/[Al]([CH2]C(C)C)[CH2]C(C)C. The van der Waals surface area contributed by atoms with E-state index < -0.39 is 14.1 Å². The normalized spacial score (nSPS) is 12.3. The highest BCUT2D eigenvalue weighted by Crippen LogP contribution is 2.16. The maximum Gasteiger partial charge on any atom is 0.294 e. The average molecular weight is 238 g/mol. The number of allylic oxidation sites excluding steroid dienone is 1. The fraction of sp³-hybridized carbons (Fsp3) is 0.867. The second-order valence-corrected chi connectivity index (χ2v) is 9.27. The first-order valence-electron chi connectivity index (χ1n) is 7.08. The molecule has 0 atom stereocenters. The van der Waals surface area contributed by atoms with Crippen LogP contribution in [0.5, 0.6) is 0 Å². The van der Waals surface area contributed by atoms with Crippen molar-refractivity contribution >= 4 is 14.1 Å². The number of rotatable bonds is 8. The first kappa shape index (κ1) is 16.3. The summed E-state index contributed by atoms with van der Waals surface area (Å²) in [6.07, 6.45) is 5.11. The van der Waals surface area contributed by atoms with E-state index in [1.165, 1.54) is 23.4 Å². The molecule has 0 aromatic carbocycles. The second-order valence-electron chi connectivity index (χ2n) is 6.42. The molecule has 0 rings (SSSR count). The fourth-order valence-electron chi connectivity index (χ4n) is 2.18. The molecular weight excluding hydrogens is 207 g/mol. The van der Waals surface area contributed by atoms with Crippen LogP contribution >= 0.6 is 0 Å². The van der Waals surface area contributed by atoms with Crippen LogP contribution in [0, 0.1) is 17.8 Å². The van der Waals surface area contributed by atoms with Gasteiger partial charge in [-0.3, -0.25) is 0 Å². The second kappa shape index (κ2) is 9.32. The van der Waals surface area contributed by atoms with Crippen molar-refractivity contribution < 1.29 is 0 Å². The van der Waals surface area contributed by atoms with Crippen molar-refractivity contribution in [2.45, 2.75) is 64.9 Å². The molecule has 0 nitrogen and oxygen atoms in total. The van der Waals surface area contributed by atoms with E-state index in [4.69, 9.17) is 0 Å². The topological polar surface area (TPSA) is 0 Å². The molecule has 0 aromatic rings. The van der Waals surface area contributed by atoms with E-state index >= 15 is 0 Å². The maximum absolute atomic E-state index is 2.61. The molecule has 0 fully saturated rings. The Bertz CT molecular complexity index is 170. The van der Waals surface area contributed by atoms with Crippen molar-refractivity contribution in [3.63, 3.8) is 0 Å². The molecular formula is C15H31Al. The summed E-state index contributed by atoms with van der Waals surface area (Å²) in [5.74, 6) is 2.61. The Labute approximate surface area is 108 Å². The summed E-state index contributed by atoms with van der Waals surface area (Å²) < 4.78 is 0. The maximum atomic E-state index is 2.61. The highest BCUT2D eigenvalue weighted by molar-refractivity contribution is 6.64. The van der Waals surface area contributed by atoms with Gasteiger partial charge >= 0.3 is 0 Å². The van der Waals surface area contributed by atoms with Gasteiger partial charge in [0.25, 0.3) is 14.1 Å². The van der Waals surface area contributed by atoms with Gasteiger partial charge in [-0.15, -0.1) is 11.0 Å². The van der Waals surface area contributed by atoms with Gasteiger partial charge in [0.15, 0.2) is 0 Å². The molecule has 0 aliphatic rings. The molecule has 1 heteroatoms. The van der Waals surface area contributed by atoms with E-state index in [2.05, 4.69) is 52.6 Å². The first-order valence-corrected chi connectivity index (χ1v) is 9.38. The van der Waals surface area contributed by atoms with Crippen LogP contribution in [-0.4, -0.2) is 14.1 Å². The molecule has 0 saturated heterocycles. The van der Waals surface area contributed by atoms with Crippen molar-refractivity contribution in [1.82, 2.24) is 0 Å². The van der Waals surface area contributed by atoms with Gasteiger partial charge < -0.3 is 0 Å². The first-order chi connectivity index (χ1) is 7.41. The Morgan fingerprint density at radius 3 is 1.69 bits per heavy atom. The van der Waals surface area contributed by atoms with Gasteiger partial charge in [0.2, 0.25) is 0 Å². The van der Waals surface area contributed by atoms with Gasteiger partial charge in [-0.2, -0.15) is 0 Å². The summed E-state index contributed by atoms with van der Waals surface area (Å²) in [5, 5.41) is 2.96. The third kappa shape index (κ3) is 10.8. The van der Waals surface area contributed by atoms with E-state index in [1.54, 1.807) is 0 Å². The van der Waals surface area contributed by atoms with Crippen molar-refractivity contribution in [3.05, 3.63) is 11.0 Å². The Hall–Kier alpha value is 0.272. The Kier molecular flexibility index (Phi) is 9.48. The molecule has 0 aliphatic carbocycles. The fourth-order valence-corrected chi connectivity index (χ4v) is 5.69. The van der Waals surface area contributed by atoms with Crippen molar-refractivity contribution in [3.8, 4) is 0 Å². The van der Waals surface area contributed by atoms with E-state index in [1.807, 2.05) is 0 Å². The molecule has 94 valence electrons. The molecule has 0 amide bonds. The monoisotopic (exact) mass is 238 g/mol. The van der Waals surface area contributed by atoms with Gasteiger partial charge in [-0.1, -0.05) is 63.9 Å². The minimum atomic E-state index is -0.593. The molecule has 0 radical (unpaired) electrons. The predicted octanol–water partition coefficient (Wildman–Crippen LogP) is 5.32. The van der Waals surface area contributed by atoms with Crippen LogP contribution in [0.25, 0.3) is 0 Å². The minimum Gasteiger partial charge on any atom is -0.148 e. The van der Waals surface area contributed by atoms with Crippen molar-refractivity contribution in [2.24, 2.45) is 17.8 Å². The molecule has 16 heavy (non-hydrogen) atoms. The zero-order chi connectivity index (χ0) is 12.6. The van der Waals surface area contributed by atoms with Crippen LogP contribution in [0.4, 0.5) is 0 Å². The molecule has 0 spiro atoms. The lowest BCUT2D eigenvalue weighted by atomic mass is 10.1. The average Bonchev–Trinajstić information content (AvgIpc) is 2.09. The van der Waals surface area contributed by atoms with Crippen LogP contribution in [0.3, 0.4) is 0 Å². The third-order valence-electron chi connectivity index (χ3n) is 2.87. The Morgan fingerprint density at radius 1 is 0.812 bits per heavy atom. The summed E-state index contributed by atoms with van der Waals surface area (Å²) >= 11 is -0.593. The summed E-state index contributed by atoms with van der Waals surface area (Å²) in [5.41, 5.74) is 0. The van der Waals surface area contributed by atoms with Crippen LogP contribution in [0.1, 0.15) is 54.4 Å². The van der Waals surface area contributed by atoms with Crippen LogP contribution in [-0.2, 0) is 0 Å². The number of hydrogen-bond donors (Lipinski definition) is 0. The molecule has 0 aromatic heterocycles. The lowest BCUT2D eigenvalue weighted by molar-refractivity contribution is 0.594. The highest BCUT2D eigenvalue weighted by Gasteiger charge is 2.16. The van der Waals surface area contributed by atoms with E-state index in [0.29, 0.717) is 0 Å². The zero-order valence-corrected chi connectivity index (χ0v) is 13.4. The van der Waals surface area contributed by atoms with Crippen molar-refractivity contribution in [2.75, 3.05) is 0 Å². The van der Waals surface area contributed by atoms with Gasteiger partial charge in [0, 0.05) is 0 Å². The van der Waals surface area contributed by atoms with E-state index in [9.17, 15) is 0 Å². The molecule has 0 saturated carbocycles. The van der Waals surface area contributed by atoms with Crippen LogP contribution in [0.2, 0.25) is 10.6 Å². The minimum absolute atomic E-state index is 0.593. The van der Waals surface area contributed by atoms with Gasteiger partial charge in [-0.25, -0.2) is 0 Å². The zero-order valence-electron chi connectivity index (χ0n) is 12.3. The van der Waals surface area contributed by atoms with Crippen LogP contribution < -0.4 is 0 Å². The quantitative estimate of drug-likeness (QED) is 0.502. The summed E-state index contributed by atoms with van der Waals surface area (Å²) in [7, 11) is 0. The largest absolute Gasteiger partial charge is 0.294 e. The number of hydrogen-bond acceptors (Lipinski definition) is 0. The Balaban J connectivity index is 3.98. The Morgan fingerprint density at radius 2 is 1.31 bits per heavy atom. The van der Waals surface area contributed by atoms with Gasteiger partial charge in [0.05, 0.1) is 0 Å². The molecule has 0 heterocycles. The highest BCUT2D eigenvalue weighted by atomic mass is 27.2. The third-order valence-corrected chi connectivity index (χ3v) is 6.78. The van der Waals surface area contributed by atoms with E-state index in [0.717, 1.165) is 17.8 Å². The smallest absolute Gasteiger partial charge is 0.148 e. The van der Waals surface area contributed by atoms with Gasteiger partial charge in [-0.05, 0) is 18.8 Å². The molecule has 0 aliphatic heterocycles. The summed E-state index contributed by atoms with van der Waals surface area (Å²) in [6, 6.07) is 0. The van der Waals surface area contributed by atoms with E-state index in [-0.39, 0.29) is 0 Å². The summed E-state index contributed by atoms with van der Waals surface area (Å²) in [4.78, 5) is 2.61.